The third-order valence-corrected chi connectivity index (χ3v) is 3.50. The molecule has 2 aromatic rings. The summed E-state index contributed by atoms with van der Waals surface area (Å²) in [5, 5.41) is 14.0. The monoisotopic (exact) mass is 301 g/mol. The summed E-state index contributed by atoms with van der Waals surface area (Å²) in [5.74, 6) is -0.101. The van der Waals surface area contributed by atoms with E-state index in [2.05, 4.69) is 5.10 Å². The van der Waals surface area contributed by atoms with Crippen molar-refractivity contribution in [3.8, 4) is 5.69 Å². The summed E-state index contributed by atoms with van der Waals surface area (Å²) in [4.78, 5) is 14.4. The number of para-hydroxylation sites is 1. The highest BCUT2D eigenvalue weighted by molar-refractivity contribution is 5.95. The minimum absolute atomic E-state index is 0.0153. The van der Waals surface area contributed by atoms with Crippen LogP contribution in [0.2, 0.25) is 0 Å². The molecule has 5 nitrogen and oxygen atoms in total. The van der Waals surface area contributed by atoms with E-state index in [9.17, 15) is 9.90 Å². The quantitative estimate of drug-likeness (QED) is 0.922. The predicted octanol–water partition coefficient (Wildman–Crippen LogP) is 2.41. The topological polar surface area (TPSA) is 58.4 Å². The first-order chi connectivity index (χ1) is 10.4. The minimum Gasteiger partial charge on any atom is -0.392 e. The summed E-state index contributed by atoms with van der Waals surface area (Å²) in [7, 11) is 0. The summed E-state index contributed by atoms with van der Waals surface area (Å²) in [6, 6.07) is 9.70. The fourth-order valence-corrected chi connectivity index (χ4v) is 2.35. The summed E-state index contributed by atoms with van der Waals surface area (Å²) in [5.41, 5.74) is 2.17. The molecule has 0 saturated carbocycles. The molecule has 0 aliphatic carbocycles. The Morgan fingerprint density at radius 1 is 1.27 bits per heavy atom. The number of hydrogen-bond donors (Lipinski definition) is 1. The molecule has 0 bridgehead atoms. The molecule has 0 spiro atoms. The van der Waals surface area contributed by atoms with Gasteiger partial charge in [-0.1, -0.05) is 18.2 Å². The van der Waals surface area contributed by atoms with Crippen LogP contribution in [0.1, 0.15) is 36.8 Å². The van der Waals surface area contributed by atoms with Crippen molar-refractivity contribution in [1.29, 1.82) is 0 Å². The van der Waals surface area contributed by atoms with Crippen LogP contribution < -0.4 is 0 Å². The molecule has 2 rings (SSSR count). The largest absolute Gasteiger partial charge is 0.392 e. The lowest BCUT2D eigenvalue weighted by Crippen LogP contribution is -2.41. The molecule has 22 heavy (non-hydrogen) atoms. The summed E-state index contributed by atoms with van der Waals surface area (Å²) < 4.78 is 1.71. The lowest BCUT2D eigenvalue weighted by Gasteiger charge is -2.27. The number of aromatic nitrogens is 2. The van der Waals surface area contributed by atoms with Gasteiger partial charge in [0.05, 0.1) is 23.0 Å². The number of carbonyl (C=O) groups is 1. The van der Waals surface area contributed by atoms with Crippen molar-refractivity contribution in [2.45, 2.75) is 39.8 Å². The van der Waals surface area contributed by atoms with Crippen LogP contribution in [0.25, 0.3) is 5.69 Å². The average Bonchev–Trinajstić information content (AvgIpc) is 2.86. The molecule has 1 aromatic carbocycles. The number of benzene rings is 1. The van der Waals surface area contributed by atoms with E-state index in [1.165, 1.54) is 0 Å². The first kappa shape index (κ1) is 16.2. The van der Waals surface area contributed by atoms with Crippen molar-refractivity contribution in [2.75, 3.05) is 6.54 Å². The highest BCUT2D eigenvalue weighted by Crippen LogP contribution is 2.15. The van der Waals surface area contributed by atoms with Gasteiger partial charge in [0.2, 0.25) is 0 Å². The third kappa shape index (κ3) is 3.54. The maximum absolute atomic E-state index is 12.7. The first-order valence-corrected chi connectivity index (χ1v) is 7.51. The normalized spacial score (nSPS) is 12.5. The smallest absolute Gasteiger partial charge is 0.257 e. The van der Waals surface area contributed by atoms with E-state index in [4.69, 9.17) is 0 Å². The van der Waals surface area contributed by atoms with Gasteiger partial charge in [-0.15, -0.1) is 0 Å². The fraction of sp³-hybridized carbons (Fsp3) is 0.412. The second kappa shape index (κ2) is 6.75. The van der Waals surface area contributed by atoms with Crippen LogP contribution in [-0.2, 0) is 0 Å². The summed E-state index contributed by atoms with van der Waals surface area (Å²) in [6.07, 6.45) is 1.19. The van der Waals surface area contributed by atoms with Gasteiger partial charge in [-0.2, -0.15) is 5.10 Å². The SMILES string of the molecule is Cc1nn(-c2ccccc2)cc1C(=O)N(CC(C)O)C(C)C. The predicted molar refractivity (Wildman–Crippen MR) is 86.2 cm³/mol. The van der Waals surface area contributed by atoms with Crippen LogP contribution in [0.5, 0.6) is 0 Å². The first-order valence-electron chi connectivity index (χ1n) is 7.51. The molecule has 1 atom stereocenters. The number of aliphatic hydroxyl groups excluding tert-OH is 1. The molecule has 0 fully saturated rings. The number of rotatable bonds is 5. The van der Waals surface area contributed by atoms with Crippen molar-refractivity contribution >= 4 is 5.91 Å². The van der Waals surface area contributed by atoms with E-state index < -0.39 is 6.10 Å². The van der Waals surface area contributed by atoms with E-state index in [0.717, 1.165) is 5.69 Å². The number of aliphatic hydroxyl groups is 1. The maximum Gasteiger partial charge on any atom is 0.257 e. The van der Waals surface area contributed by atoms with Gasteiger partial charge in [0, 0.05) is 18.8 Å². The Kier molecular flexibility index (Phi) is 4.98. The van der Waals surface area contributed by atoms with Crippen molar-refractivity contribution in [2.24, 2.45) is 0 Å². The Hall–Kier alpha value is -2.14. The molecule has 1 heterocycles. The van der Waals surface area contributed by atoms with Gasteiger partial charge in [0.25, 0.3) is 5.91 Å². The highest BCUT2D eigenvalue weighted by Gasteiger charge is 2.23. The Morgan fingerprint density at radius 2 is 1.91 bits per heavy atom. The summed E-state index contributed by atoms with van der Waals surface area (Å²) >= 11 is 0. The number of aryl methyl sites for hydroxylation is 1. The number of nitrogens with zero attached hydrogens (tertiary/aromatic N) is 3. The molecule has 1 N–H and O–H groups in total. The number of hydrogen-bond acceptors (Lipinski definition) is 3. The lowest BCUT2D eigenvalue weighted by atomic mass is 10.2. The molecule has 0 radical (unpaired) electrons. The van der Waals surface area contributed by atoms with Gasteiger partial charge >= 0.3 is 0 Å². The van der Waals surface area contributed by atoms with E-state index in [0.29, 0.717) is 17.8 Å². The molecule has 118 valence electrons. The standard InChI is InChI=1S/C17H23N3O2/c1-12(2)19(10-13(3)21)17(22)16-11-20(18-14(16)4)15-8-6-5-7-9-15/h5-9,11-13,21H,10H2,1-4H3. The second-order valence-electron chi connectivity index (χ2n) is 5.81. The Labute approximate surface area is 131 Å². The van der Waals surface area contributed by atoms with Crippen LogP contribution in [0.4, 0.5) is 0 Å². The number of carbonyl (C=O) groups excluding carboxylic acids is 1. The summed E-state index contributed by atoms with van der Waals surface area (Å²) in [6.45, 7) is 7.71. The van der Waals surface area contributed by atoms with Crippen LogP contribution >= 0.6 is 0 Å². The third-order valence-electron chi connectivity index (χ3n) is 3.50. The molecule has 5 heteroatoms. The van der Waals surface area contributed by atoms with Crippen molar-refractivity contribution < 1.29 is 9.90 Å². The minimum atomic E-state index is -0.559. The zero-order valence-corrected chi connectivity index (χ0v) is 13.5. The van der Waals surface area contributed by atoms with Crippen molar-refractivity contribution in [3.63, 3.8) is 0 Å². The van der Waals surface area contributed by atoms with Crippen LogP contribution in [-0.4, -0.2) is 44.4 Å². The van der Waals surface area contributed by atoms with Gasteiger partial charge in [-0.05, 0) is 39.8 Å². The van der Waals surface area contributed by atoms with Gasteiger partial charge in [-0.25, -0.2) is 4.68 Å². The molecular weight excluding hydrogens is 278 g/mol. The average molecular weight is 301 g/mol. The van der Waals surface area contributed by atoms with Crippen LogP contribution in [0, 0.1) is 6.92 Å². The van der Waals surface area contributed by atoms with Gasteiger partial charge in [0.15, 0.2) is 0 Å². The molecule has 1 unspecified atom stereocenters. The van der Waals surface area contributed by atoms with Crippen molar-refractivity contribution in [1.82, 2.24) is 14.7 Å². The Balaban J connectivity index is 2.32. The van der Waals surface area contributed by atoms with Gasteiger partial charge in [0.1, 0.15) is 0 Å². The maximum atomic E-state index is 12.7. The van der Waals surface area contributed by atoms with Crippen LogP contribution in [0.3, 0.4) is 0 Å². The van der Waals surface area contributed by atoms with E-state index in [1.807, 2.05) is 51.1 Å². The van der Waals surface area contributed by atoms with E-state index >= 15 is 0 Å². The molecule has 0 saturated heterocycles. The lowest BCUT2D eigenvalue weighted by molar-refractivity contribution is 0.0578. The zero-order chi connectivity index (χ0) is 16.3. The molecule has 0 aliphatic heterocycles. The molecule has 1 amide bonds. The Morgan fingerprint density at radius 3 is 2.45 bits per heavy atom. The van der Waals surface area contributed by atoms with Gasteiger partial charge in [-0.3, -0.25) is 4.79 Å². The Bertz CT molecular complexity index is 633. The molecular formula is C17H23N3O2. The molecule has 0 aliphatic rings. The zero-order valence-electron chi connectivity index (χ0n) is 13.5. The highest BCUT2D eigenvalue weighted by atomic mass is 16.3. The van der Waals surface area contributed by atoms with E-state index in [1.54, 1.807) is 22.7 Å². The van der Waals surface area contributed by atoms with Crippen LogP contribution in [0.15, 0.2) is 36.5 Å². The van der Waals surface area contributed by atoms with E-state index in [-0.39, 0.29) is 11.9 Å². The fourth-order valence-electron chi connectivity index (χ4n) is 2.35. The molecule has 1 aromatic heterocycles. The van der Waals surface area contributed by atoms with Crippen molar-refractivity contribution in [3.05, 3.63) is 47.8 Å². The van der Waals surface area contributed by atoms with Gasteiger partial charge < -0.3 is 10.0 Å². The second-order valence-corrected chi connectivity index (χ2v) is 5.81. The number of amides is 1.